The molecule has 0 radical (unpaired) electrons. The van der Waals surface area contributed by atoms with Gasteiger partial charge in [-0.15, -0.1) is 0 Å². The van der Waals surface area contributed by atoms with Crippen LogP contribution in [-0.4, -0.2) is 15.7 Å². The van der Waals surface area contributed by atoms with Gasteiger partial charge in [0.15, 0.2) is 0 Å². The quantitative estimate of drug-likeness (QED) is 0.168. The number of nitrogens with zero attached hydrogens (tertiary/aromatic N) is 3. The molecule has 3 aliphatic rings. The normalized spacial score (nSPS) is 16.8. The van der Waals surface area contributed by atoms with Gasteiger partial charge in [-0.05, 0) is 143 Å². The van der Waals surface area contributed by atoms with Crippen LogP contribution in [0.4, 0.5) is 5.69 Å². The molecule has 13 rings (SSSR count). The first kappa shape index (κ1) is 33.5. The van der Waals surface area contributed by atoms with Crippen molar-refractivity contribution >= 4 is 71.1 Å². The number of aromatic nitrogens is 2. The van der Waals surface area contributed by atoms with Gasteiger partial charge >= 0.3 is 0 Å². The molecule has 0 bridgehead atoms. The van der Waals surface area contributed by atoms with Crippen molar-refractivity contribution in [2.24, 2.45) is 4.99 Å². The molecule has 3 heterocycles. The van der Waals surface area contributed by atoms with Crippen LogP contribution in [0.1, 0.15) is 46.9 Å². The van der Waals surface area contributed by atoms with Gasteiger partial charge in [-0.25, -0.2) is 0 Å². The van der Waals surface area contributed by atoms with Crippen molar-refractivity contribution in [3.8, 4) is 22.3 Å². The highest BCUT2D eigenvalue weighted by Crippen LogP contribution is 2.56. The predicted molar refractivity (Wildman–Crippen MR) is 250 cm³/mol. The topological polar surface area (TPSA) is 38.1 Å². The molecule has 1 aliphatic heterocycles. The Kier molecular flexibility index (Phi) is 7.26. The smallest absolute Gasteiger partial charge is 0.0970 e. The molecule has 2 atom stereocenters. The van der Waals surface area contributed by atoms with E-state index >= 15 is 0 Å². The van der Waals surface area contributed by atoms with E-state index in [4.69, 9.17) is 15.0 Å². The maximum atomic E-state index is 5.52. The molecular formula is C57H37N3. The fraction of sp³-hybridized carbons (Fsp3) is 0.0702. The summed E-state index contributed by atoms with van der Waals surface area (Å²) in [5.74, 6) is 0.360. The lowest BCUT2D eigenvalue weighted by Gasteiger charge is -2.41. The van der Waals surface area contributed by atoms with E-state index in [2.05, 4.69) is 164 Å². The van der Waals surface area contributed by atoms with Crippen LogP contribution in [0.15, 0.2) is 199 Å². The molecule has 0 saturated heterocycles. The molecule has 60 heavy (non-hydrogen) atoms. The van der Waals surface area contributed by atoms with E-state index in [0.717, 1.165) is 46.0 Å². The third kappa shape index (κ3) is 4.93. The molecule has 2 aromatic heterocycles. The number of fused-ring (bicyclic) bond motifs is 16. The Morgan fingerprint density at radius 3 is 1.97 bits per heavy atom. The molecule has 280 valence electrons. The zero-order chi connectivity index (χ0) is 39.3. The van der Waals surface area contributed by atoms with Gasteiger partial charge in [-0.1, -0.05) is 133 Å². The van der Waals surface area contributed by atoms with E-state index in [9.17, 15) is 0 Å². The van der Waals surface area contributed by atoms with E-state index in [1.807, 2.05) is 24.5 Å². The minimum absolute atomic E-state index is 0.130. The van der Waals surface area contributed by atoms with Gasteiger partial charge in [0.25, 0.3) is 0 Å². The first-order valence-electron chi connectivity index (χ1n) is 21.1. The second-order valence-electron chi connectivity index (χ2n) is 16.5. The van der Waals surface area contributed by atoms with Gasteiger partial charge in [0.05, 0.1) is 22.4 Å². The molecule has 0 N–H and O–H groups in total. The maximum Gasteiger partial charge on any atom is 0.0970 e. The summed E-state index contributed by atoms with van der Waals surface area (Å²) in [6.07, 6.45) is 10.7. The van der Waals surface area contributed by atoms with Gasteiger partial charge in [0, 0.05) is 35.0 Å². The average molecular weight is 764 g/mol. The summed E-state index contributed by atoms with van der Waals surface area (Å²) in [6, 6.07) is 60.5. The van der Waals surface area contributed by atoms with Crippen molar-refractivity contribution in [3.63, 3.8) is 0 Å². The van der Waals surface area contributed by atoms with Crippen molar-refractivity contribution in [2.75, 3.05) is 0 Å². The first-order chi connectivity index (χ1) is 29.8. The second-order valence-corrected chi connectivity index (χ2v) is 16.5. The maximum absolute atomic E-state index is 5.52. The van der Waals surface area contributed by atoms with Crippen LogP contribution in [-0.2, 0) is 0 Å². The van der Waals surface area contributed by atoms with Gasteiger partial charge in [0.2, 0.25) is 0 Å². The minimum Gasteiger partial charge on any atom is -0.254 e. The summed E-state index contributed by atoms with van der Waals surface area (Å²) in [7, 11) is 0. The predicted octanol–water partition coefficient (Wildman–Crippen LogP) is 14.7. The van der Waals surface area contributed by atoms with Crippen molar-refractivity contribution in [1.29, 1.82) is 0 Å². The number of allylic oxidation sites excluding steroid dienone is 4. The molecule has 2 unspecified atom stereocenters. The fourth-order valence-corrected chi connectivity index (χ4v) is 10.8. The Balaban J connectivity index is 0.960. The number of hydrogen-bond donors (Lipinski definition) is 0. The van der Waals surface area contributed by atoms with E-state index in [1.54, 1.807) is 0 Å². The lowest BCUT2D eigenvalue weighted by Crippen LogP contribution is -2.30. The van der Waals surface area contributed by atoms with Gasteiger partial charge < -0.3 is 0 Å². The number of pyridine rings is 2. The minimum atomic E-state index is 0.130. The Morgan fingerprint density at radius 2 is 1.10 bits per heavy atom. The molecule has 3 heteroatoms. The Bertz CT molecular complexity index is 3550. The van der Waals surface area contributed by atoms with Gasteiger partial charge in [0.1, 0.15) is 0 Å². The Labute approximate surface area is 347 Å². The SMILES string of the molecule is C1=CC2=C(CC1)c1ccccc1C1C(c3cccc(-c4ccc5c6ccc(-c7cc8cccnc8c8ncccc78)cc6c6ccccc6c5c4)c3)=Nc3ccccc3C21. The van der Waals surface area contributed by atoms with E-state index in [1.165, 1.54) is 88.0 Å². The monoisotopic (exact) mass is 763 g/mol. The van der Waals surface area contributed by atoms with Crippen molar-refractivity contribution in [2.45, 2.75) is 24.7 Å². The standard InChI is InChI=1S/C57H37N3/c1-2-18-42-41(17-1)50-31-35(24-26-43(50)44-27-25-36(32-51(42)44)49-33-38-14-10-28-58-56(38)57-47(49)22-11-29-59-57)34-12-9-13-37(30-34)55-54-46-20-6-4-16-40(46)39-15-3-5-19-45(39)53(54)48-21-7-8-23-52(48)60-55/h1-2,4-14,16-33,53-54H,3,15H2. The van der Waals surface area contributed by atoms with Crippen molar-refractivity contribution in [3.05, 3.63) is 216 Å². The van der Waals surface area contributed by atoms with Crippen LogP contribution < -0.4 is 0 Å². The number of benzene rings is 8. The summed E-state index contributed by atoms with van der Waals surface area (Å²) in [5, 5.41) is 9.72. The van der Waals surface area contributed by atoms with E-state index in [-0.39, 0.29) is 11.8 Å². The molecule has 10 aromatic rings. The highest BCUT2D eigenvalue weighted by atomic mass is 14.8. The molecule has 0 fully saturated rings. The summed E-state index contributed by atoms with van der Waals surface area (Å²) >= 11 is 0. The molecule has 0 spiro atoms. The third-order valence-corrected chi connectivity index (χ3v) is 13.4. The summed E-state index contributed by atoms with van der Waals surface area (Å²) in [4.78, 5) is 15.0. The number of hydrogen-bond acceptors (Lipinski definition) is 3. The number of para-hydroxylation sites is 1. The van der Waals surface area contributed by atoms with Crippen LogP contribution in [0, 0.1) is 0 Å². The largest absolute Gasteiger partial charge is 0.254 e. The fourth-order valence-electron chi connectivity index (χ4n) is 10.8. The zero-order valence-electron chi connectivity index (χ0n) is 32.8. The lowest BCUT2D eigenvalue weighted by molar-refractivity contribution is 0.711. The molecular weight excluding hydrogens is 727 g/mol. The second kappa shape index (κ2) is 13.0. The van der Waals surface area contributed by atoms with E-state index < -0.39 is 0 Å². The molecule has 8 aromatic carbocycles. The third-order valence-electron chi connectivity index (χ3n) is 13.4. The van der Waals surface area contributed by atoms with Crippen LogP contribution in [0.3, 0.4) is 0 Å². The van der Waals surface area contributed by atoms with Crippen LogP contribution in [0.5, 0.6) is 0 Å². The molecule has 2 aliphatic carbocycles. The van der Waals surface area contributed by atoms with Crippen molar-refractivity contribution < 1.29 is 0 Å². The molecule has 0 saturated carbocycles. The Hall–Kier alpha value is -7.49. The molecule has 0 amide bonds. The summed E-state index contributed by atoms with van der Waals surface area (Å²) < 4.78 is 0. The average Bonchev–Trinajstić information content (AvgIpc) is 3.33. The first-order valence-corrected chi connectivity index (χ1v) is 21.1. The van der Waals surface area contributed by atoms with Crippen LogP contribution in [0.25, 0.3) is 82.0 Å². The lowest BCUT2D eigenvalue weighted by atomic mass is 9.63. The number of aliphatic imine (C=N–C) groups is 1. The number of rotatable bonds is 3. The zero-order valence-corrected chi connectivity index (χ0v) is 32.8. The highest BCUT2D eigenvalue weighted by molar-refractivity contribution is 6.26. The highest BCUT2D eigenvalue weighted by Gasteiger charge is 2.42. The summed E-state index contributed by atoms with van der Waals surface area (Å²) in [6.45, 7) is 0. The van der Waals surface area contributed by atoms with Crippen molar-refractivity contribution in [1.82, 2.24) is 9.97 Å². The van der Waals surface area contributed by atoms with E-state index in [0.29, 0.717) is 0 Å². The van der Waals surface area contributed by atoms with Gasteiger partial charge in [-0.3, -0.25) is 15.0 Å². The van der Waals surface area contributed by atoms with Crippen LogP contribution >= 0.6 is 0 Å². The summed E-state index contributed by atoms with van der Waals surface area (Å²) in [5.41, 5.74) is 17.1. The van der Waals surface area contributed by atoms with Crippen LogP contribution in [0.2, 0.25) is 0 Å². The molecule has 3 nitrogen and oxygen atoms in total. The van der Waals surface area contributed by atoms with Gasteiger partial charge in [-0.2, -0.15) is 0 Å². The Morgan fingerprint density at radius 1 is 0.433 bits per heavy atom.